The van der Waals surface area contributed by atoms with Crippen LogP contribution in [0.3, 0.4) is 0 Å². The third-order valence-electron chi connectivity index (χ3n) is 2.74. The standard InChI is InChI=1S/C14H16N4O2/c1-14(2,3)9-4-5-18-12(20-13(15)19)11(9)10-8-16-6-7-17-10/h4-8H,1-3H3,(H2,15,19). The lowest BCUT2D eigenvalue weighted by Gasteiger charge is -2.23. The number of amides is 1. The smallest absolute Gasteiger partial charge is 0.391 e. The maximum atomic E-state index is 11.0. The van der Waals surface area contributed by atoms with Crippen molar-refractivity contribution in [2.24, 2.45) is 5.73 Å². The summed E-state index contributed by atoms with van der Waals surface area (Å²) >= 11 is 0. The fourth-order valence-corrected chi connectivity index (χ4v) is 1.92. The molecule has 0 saturated heterocycles. The molecule has 2 aromatic rings. The van der Waals surface area contributed by atoms with Gasteiger partial charge in [0.25, 0.3) is 0 Å². The maximum absolute atomic E-state index is 11.0. The first-order valence-electron chi connectivity index (χ1n) is 6.13. The Morgan fingerprint density at radius 3 is 2.50 bits per heavy atom. The highest BCUT2D eigenvalue weighted by Gasteiger charge is 2.24. The Morgan fingerprint density at radius 1 is 1.20 bits per heavy atom. The van der Waals surface area contributed by atoms with E-state index in [1.165, 1.54) is 0 Å². The second-order valence-corrected chi connectivity index (χ2v) is 5.30. The van der Waals surface area contributed by atoms with Crippen molar-refractivity contribution in [2.75, 3.05) is 0 Å². The number of pyridine rings is 1. The van der Waals surface area contributed by atoms with Crippen molar-refractivity contribution in [1.29, 1.82) is 0 Å². The Balaban J connectivity index is 2.69. The van der Waals surface area contributed by atoms with E-state index in [0.717, 1.165) is 5.56 Å². The molecule has 104 valence electrons. The van der Waals surface area contributed by atoms with Crippen LogP contribution >= 0.6 is 0 Å². The molecule has 2 rings (SSSR count). The van der Waals surface area contributed by atoms with Crippen LogP contribution in [-0.4, -0.2) is 21.0 Å². The van der Waals surface area contributed by atoms with Crippen LogP contribution in [0.2, 0.25) is 0 Å². The van der Waals surface area contributed by atoms with E-state index in [2.05, 4.69) is 35.7 Å². The van der Waals surface area contributed by atoms with E-state index < -0.39 is 6.09 Å². The van der Waals surface area contributed by atoms with Crippen molar-refractivity contribution in [1.82, 2.24) is 15.0 Å². The fourth-order valence-electron chi connectivity index (χ4n) is 1.92. The van der Waals surface area contributed by atoms with Gasteiger partial charge in [0.15, 0.2) is 0 Å². The number of hydrogen-bond donors (Lipinski definition) is 1. The summed E-state index contributed by atoms with van der Waals surface area (Å²) in [7, 11) is 0. The SMILES string of the molecule is CC(C)(C)c1ccnc(OC(N)=O)c1-c1cnccn1. The minimum Gasteiger partial charge on any atom is -0.391 e. The summed E-state index contributed by atoms with van der Waals surface area (Å²) in [5.74, 6) is 0.144. The number of nitrogens with two attached hydrogens (primary N) is 1. The van der Waals surface area contributed by atoms with Gasteiger partial charge in [-0.1, -0.05) is 20.8 Å². The molecule has 6 heteroatoms. The molecule has 0 unspecified atom stereocenters. The van der Waals surface area contributed by atoms with Crippen LogP contribution < -0.4 is 10.5 Å². The van der Waals surface area contributed by atoms with Crippen molar-refractivity contribution in [3.63, 3.8) is 0 Å². The van der Waals surface area contributed by atoms with E-state index in [4.69, 9.17) is 10.5 Å². The van der Waals surface area contributed by atoms with Crippen molar-refractivity contribution in [3.8, 4) is 17.1 Å². The zero-order valence-corrected chi connectivity index (χ0v) is 11.6. The van der Waals surface area contributed by atoms with Gasteiger partial charge < -0.3 is 10.5 Å². The van der Waals surface area contributed by atoms with E-state index in [1.54, 1.807) is 24.8 Å². The average molecular weight is 272 g/mol. The number of primary amides is 1. The van der Waals surface area contributed by atoms with Crippen molar-refractivity contribution < 1.29 is 9.53 Å². The Labute approximate surface area is 117 Å². The van der Waals surface area contributed by atoms with Gasteiger partial charge >= 0.3 is 6.09 Å². The molecule has 2 heterocycles. The average Bonchev–Trinajstić information content (AvgIpc) is 2.38. The van der Waals surface area contributed by atoms with Gasteiger partial charge in [0.05, 0.1) is 17.5 Å². The first-order chi connectivity index (χ1) is 9.39. The molecule has 0 atom stereocenters. The number of carbonyl (C=O) groups excluding carboxylic acids is 1. The summed E-state index contributed by atoms with van der Waals surface area (Å²) in [6.45, 7) is 6.16. The van der Waals surface area contributed by atoms with Crippen molar-refractivity contribution >= 4 is 6.09 Å². The number of ether oxygens (including phenoxy) is 1. The van der Waals surface area contributed by atoms with Gasteiger partial charge in [-0.25, -0.2) is 9.78 Å². The summed E-state index contributed by atoms with van der Waals surface area (Å²) in [6, 6.07) is 1.87. The molecule has 0 aliphatic carbocycles. The molecule has 0 fully saturated rings. The Kier molecular flexibility index (Phi) is 3.65. The van der Waals surface area contributed by atoms with Gasteiger partial charge in [0, 0.05) is 18.6 Å². The third kappa shape index (κ3) is 2.90. The molecule has 2 N–H and O–H groups in total. The molecular formula is C14H16N4O2. The van der Waals surface area contributed by atoms with Gasteiger partial charge in [-0.05, 0) is 17.0 Å². The van der Waals surface area contributed by atoms with Gasteiger partial charge in [-0.2, -0.15) is 0 Å². The molecule has 6 nitrogen and oxygen atoms in total. The van der Waals surface area contributed by atoms with Crippen LogP contribution in [0.5, 0.6) is 5.88 Å². The molecule has 2 aromatic heterocycles. The number of hydrogen-bond acceptors (Lipinski definition) is 5. The molecule has 0 bridgehead atoms. The highest BCUT2D eigenvalue weighted by Crippen LogP contribution is 2.36. The van der Waals surface area contributed by atoms with Crippen LogP contribution in [0, 0.1) is 0 Å². The van der Waals surface area contributed by atoms with Crippen LogP contribution in [0.15, 0.2) is 30.9 Å². The second-order valence-electron chi connectivity index (χ2n) is 5.30. The number of carbonyl (C=O) groups is 1. The molecule has 0 aliphatic rings. The van der Waals surface area contributed by atoms with E-state index in [1.807, 2.05) is 6.07 Å². The van der Waals surface area contributed by atoms with E-state index in [0.29, 0.717) is 11.3 Å². The highest BCUT2D eigenvalue weighted by molar-refractivity contribution is 5.75. The number of rotatable bonds is 2. The number of aromatic nitrogens is 3. The molecule has 0 saturated carbocycles. The predicted octanol–water partition coefficient (Wildman–Crippen LogP) is 2.29. The van der Waals surface area contributed by atoms with Crippen LogP contribution in [-0.2, 0) is 5.41 Å². The number of nitrogens with zero attached hydrogens (tertiary/aromatic N) is 3. The molecule has 0 aromatic carbocycles. The lowest BCUT2D eigenvalue weighted by molar-refractivity contribution is 0.209. The summed E-state index contributed by atoms with van der Waals surface area (Å²) in [6.07, 6.45) is 5.42. The lowest BCUT2D eigenvalue weighted by Crippen LogP contribution is -2.20. The fraction of sp³-hybridized carbons (Fsp3) is 0.286. The normalized spacial score (nSPS) is 11.2. The minimum absolute atomic E-state index is 0.144. The first kappa shape index (κ1) is 13.9. The monoisotopic (exact) mass is 272 g/mol. The molecule has 1 amide bonds. The van der Waals surface area contributed by atoms with E-state index in [-0.39, 0.29) is 11.3 Å². The van der Waals surface area contributed by atoms with Crippen molar-refractivity contribution in [2.45, 2.75) is 26.2 Å². The summed E-state index contributed by atoms with van der Waals surface area (Å²) in [5, 5.41) is 0. The van der Waals surface area contributed by atoms with Crippen LogP contribution in [0.4, 0.5) is 4.79 Å². The molecule has 0 aliphatic heterocycles. The zero-order valence-electron chi connectivity index (χ0n) is 11.6. The van der Waals surface area contributed by atoms with Crippen LogP contribution in [0.25, 0.3) is 11.3 Å². The highest BCUT2D eigenvalue weighted by atomic mass is 16.6. The lowest BCUT2D eigenvalue weighted by atomic mass is 9.83. The summed E-state index contributed by atoms with van der Waals surface area (Å²) < 4.78 is 5.00. The Bertz CT molecular complexity index is 621. The van der Waals surface area contributed by atoms with Gasteiger partial charge in [0.2, 0.25) is 5.88 Å². The molecule has 20 heavy (non-hydrogen) atoms. The summed E-state index contributed by atoms with van der Waals surface area (Å²) in [4.78, 5) is 23.4. The second kappa shape index (κ2) is 5.24. The molecule has 0 spiro atoms. The quantitative estimate of drug-likeness (QED) is 0.905. The van der Waals surface area contributed by atoms with Gasteiger partial charge in [-0.15, -0.1) is 0 Å². The van der Waals surface area contributed by atoms with Crippen molar-refractivity contribution in [3.05, 3.63) is 36.4 Å². The molecule has 0 radical (unpaired) electrons. The Morgan fingerprint density at radius 2 is 1.95 bits per heavy atom. The first-order valence-corrected chi connectivity index (χ1v) is 6.13. The van der Waals surface area contributed by atoms with Crippen LogP contribution in [0.1, 0.15) is 26.3 Å². The van der Waals surface area contributed by atoms with E-state index >= 15 is 0 Å². The summed E-state index contributed by atoms with van der Waals surface area (Å²) in [5.41, 5.74) is 7.08. The Hall–Kier alpha value is -2.50. The zero-order chi connectivity index (χ0) is 14.8. The molecular weight excluding hydrogens is 256 g/mol. The van der Waals surface area contributed by atoms with Gasteiger partial charge in [0.1, 0.15) is 0 Å². The maximum Gasteiger partial charge on any atom is 0.411 e. The minimum atomic E-state index is -0.909. The largest absolute Gasteiger partial charge is 0.411 e. The topological polar surface area (TPSA) is 91.0 Å². The van der Waals surface area contributed by atoms with Gasteiger partial charge in [-0.3, -0.25) is 9.97 Å². The predicted molar refractivity (Wildman–Crippen MR) is 74.2 cm³/mol. The van der Waals surface area contributed by atoms with E-state index in [9.17, 15) is 4.79 Å². The third-order valence-corrected chi connectivity index (χ3v) is 2.74.